The maximum atomic E-state index is 6.62. The maximum Gasteiger partial charge on any atom is 0.252 e. The van der Waals surface area contributed by atoms with Gasteiger partial charge < -0.3 is 13.4 Å². The number of para-hydroxylation sites is 2. The Morgan fingerprint density at radius 3 is 2.00 bits per heavy atom. The lowest BCUT2D eigenvalue weighted by atomic mass is 9.34. The van der Waals surface area contributed by atoms with Crippen molar-refractivity contribution in [3.8, 4) is 11.4 Å². The summed E-state index contributed by atoms with van der Waals surface area (Å²) in [5, 5.41) is 12.4. The van der Waals surface area contributed by atoms with Crippen LogP contribution in [-0.4, -0.2) is 15.8 Å². The molecule has 2 aliphatic rings. The van der Waals surface area contributed by atoms with E-state index < -0.39 is 0 Å². The van der Waals surface area contributed by atoms with Crippen molar-refractivity contribution in [2.45, 2.75) is 0 Å². The fourth-order valence-electron chi connectivity index (χ4n) is 9.52. The first-order valence-corrected chi connectivity index (χ1v) is 16.2. The second-order valence-electron chi connectivity index (χ2n) is 13.2. The van der Waals surface area contributed by atoms with Crippen molar-refractivity contribution in [2.75, 3.05) is 0 Å². The largest absolute Gasteiger partial charge is 0.454 e. The van der Waals surface area contributed by atoms with Gasteiger partial charge in [-0.1, -0.05) is 84.9 Å². The first-order valence-electron chi connectivity index (χ1n) is 16.2. The van der Waals surface area contributed by atoms with Crippen molar-refractivity contribution in [1.82, 2.24) is 9.13 Å². The molecule has 214 valence electrons. The van der Waals surface area contributed by atoms with Gasteiger partial charge in [-0.05, 0) is 79.7 Å². The van der Waals surface area contributed by atoms with E-state index >= 15 is 0 Å². The second kappa shape index (κ2) is 7.60. The van der Waals surface area contributed by atoms with Crippen molar-refractivity contribution >= 4 is 110 Å². The Balaban J connectivity index is 1.31. The quantitative estimate of drug-likeness (QED) is 0.130. The smallest absolute Gasteiger partial charge is 0.252 e. The average Bonchev–Trinajstić information content (AvgIpc) is 3.89. The summed E-state index contributed by atoms with van der Waals surface area (Å²) < 4.78 is 17.9. The van der Waals surface area contributed by atoms with Crippen molar-refractivity contribution < 1.29 is 8.83 Å². The summed E-state index contributed by atoms with van der Waals surface area (Å²) in [6, 6.07) is 44.4. The molecule has 0 aliphatic carbocycles. The van der Waals surface area contributed by atoms with E-state index in [4.69, 9.17) is 8.83 Å². The highest BCUT2D eigenvalue weighted by molar-refractivity contribution is 7.00. The van der Waals surface area contributed by atoms with Crippen LogP contribution in [0.3, 0.4) is 0 Å². The summed E-state index contributed by atoms with van der Waals surface area (Å²) in [6.45, 7) is 0.0475. The Morgan fingerprint density at radius 1 is 0.468 bits per heavy atom. The number of fused-ring (bicyclic) bond motifs is 19. The zero-order chi connectivity index (χ0) is 30.1. The van der Waals surface area contributed by atoms with Crippen LogP contribution in [0.4, 0.5) is 0 Å². The first-order chi connectivity index (χ1) is 23.4. The molecule has 0 spiro atoms. The van der Waals surface area contributed by atoms with E-state index in [1.165, 1.54) is 76.5 Å². The average molecular weight is 596 g/mol. The number of hydrogen-bond acceptors (Lipinski definition) is 2. The molecule has 4 aromatic heterocycles. The first kappa shape index (κ1) is 23.2. The van der Waals surface area contributed by atoms with Gasteiger partial charge in [-0.3, -0.25) is 4.57 Å². The molecule has 7 aromatic carbocycles. The molecular formula is C42H21BN2O2. The van der Waals surface area contributed by atoms with Gasteiger partial charge in [-0.25, -0.2) is 0 Å². The minimum absolute atomic E-state index is 0.0475. The van der Waals surface area contributed by atoms with E-state index in [1.54, 1.807) is 0 Å². The highest BCUT2D eigenvalue weighted by Crippen LogP contribution is 2.46. The molecule has 13 rings (SSSR count). The van der Waals surface area contributed by atoms with Gasteiger partial charge in [-0.2, -0.15) is 0 Å². The topological polar surface area (TPSA) is 36.1 Å². The number of aromatic nitrogens is 2. The molecular weight excluding hydrogens is 575 g/mol. The van der Waals surface area contributed by atoms with E-state index in [2.05, 4.69) is 130 Å². The maximum absolute atomic E-state index is 6.62. The van der Waals surface area contributed by atoms with Crippen LogP contribution in [0.25, 0.3) is 98.7 Å². The molecule has 6 heterocycles. The highest BCUT2D eigenvalue weighted by Gasteiger charge is 2.42. The molecule has 0 bridgehead atoms. The van der Waals surface area contributed by atoms with Crippen LogP contribution >= 0.6 is 0 Å². The third-order valence-electron chi connectivity index (χ3n) is 11.2. The van der Waals surface area contributed by atoms with Crippen molar-refractivity contribution in [1.29, 1.82) is 0 Å². The normalized spacial score (nSPS) is 13.5. The zero-order valence-electron chi connectivity index (χ0n) is 24.9. The molecule has 4 nitrogen and oxygen atoms in total. The molecule has 2 aliphatic heterocycles. The monoisotopic (exact) mass is 596 g/mol. The zero-order valence-corrected chi connectivity index (χ0v) is 24.9. The Bertz CT molecular complexity index is 3260. The van der Waals surface area contributed by atoms with Gasteiger partial charge in [0.1, 0.15) is 11.1 Å². The molecule has 0 amide bonds. The van der Waals surface area contributed by atoms with E-state index in [1.807, 2.05) is 6.26 Å². The minimum atomic E-state index is 0.0475. The number of furan rings is 2. The van der Waals surface area contributed by atoms with Crippen LogP contribution in [0.2, 0.25) is 0 Å². The van der Waals surface area contributed by atoms with Gasteiger partial charge in [0.25, 0.3) is 6.71 Å². The van der Waals surface area contributed by atoms with Gasteiger partial charge in [0.15, 0.2) is 5.58 Å². The summed E-state index contributed by atoms with van der Waals surface area (Å²) >= 11 is 0. The number of hydrogen-bond donors (Lipinski definition) is 0. The molecule has 0 fully saturated rings. The van der Waals surface area contributed by atoms with E-state index in [-0.39, 0.29) is 6.71 Å². The van der Waals surface area contributed by atoms with Crippen molar-refractivity contribution in [3.63, 3.8) is 0 Å². The molecule has 5 heteroatoms. The Morgan fingerprint density at radius 2 is 1.15 bits per heavy atom. The Kier molecular flexibility index (Phi) is 3.75. The van der Waals surface area contributed by atoms with Gasteiger partial charge in [0.05, 0.1) is 17.3 Å². The molecule has 0 radical (unpaired) electrons. The van der Waals surface area contributed by atoms with Crippen molar-refractivity contribution in [2.24, 2.45) is 0 Å². The lowest BCUT2D eigenvalue weighted by Crippen LogP contribution is -2.59. The number of rotatable bonds is 0. The predicted octanol–water partition coefficient (Wildman–Crippen LogP) is 8.82. The van der Waals surface area contributed by atoms with Crippen LogP contribution < -0.4 is 16.4 Å². The summed E-state index contributed by atoms with van der Waals surface area (Å²) in [7, 11) is 0. The molecule has 0 saturated carbocycles. The van der Waals surface area contributed by atoms with E-state index in [0.29, 0.717) is 0 Å². The number of nitrogens with zero attached hydrogens (tertiary/aromatic N) is 2. The number of benzene rings is 7. The predicted molar refractivity (Wildman–Crippen MR) is 194 cm³/mol. The van der Waals surface area contributed by atoms with Gasteiger partial charge in [0.2, 0.25) is 5.71 Å². The highest BCUT2D eigenvalue weighted by atomic mass is 16.3. The molecule has 0 atom stereocenters. The lowest BCUT2D eigenvalue weighted by molar-refractivity contribution is 0.596. The Hall–Kier alpha value is -6.20. The standard InChI is InChI=1S/C42H21BN2O2/c1-2-11-24-22(9-1)23-10-3-4-12-25(23)35-29(24)21-31-40-36(35)27-19-20-46-42(27)45(40)33-17-8-16-32-37(33)43(31)30-15-7-14-28-38(30)44(32)39-26-13-5-6-18-34(26)47-41(28)39/h1-21H. The second-order valence-corrected chi connectivity index (χ2v) is 13.2. The van der Waals surface area contributed by atoms with Gasteiger partial charge >= 0.3 is 0 Å². The molecule has 0 unspecified atom stereocenters. The van der Waals surface area contributed by atoms with E-state index in [9.17, 15) is 0 Å². The van der Waals surface area contributed by atoms with Crippen LogP contribution in [0.1, 0.15) is 0 Å². The SMILES string of the molecule is c1cc2c3c(c1)-n1c4c(cccc4c4oc5ccccc5c41)B3c1cc3c4ccccc4c4ccccc4c3c3c4ccoc4n-2c13. The Labute approximate surface area is 266 Å². The third kappa shape index (κ3) is 2.44. The van der Waals surface area contributed by atoms with Gasteiger partial charge in [0, 0.05) is 38.3 Å². The third-order valence-corrected chi connectivity index (χ3v) is 11.2. The fourth-order valence-corrected chi connectivity index (χ4v) is 9.52. The molecule has 0 saturated heterocycles. The summed E-state index contributed by atoms with van der Waals surface area (Å²) in [5.41, 5.74) is 12.7. The molecule has 47 heavy (non-hydrogen) atoms. The van der Waals surface area contributed by atoms with Gasteiger partial charge in [-0.15, -0.1) is 0 Å². The summed E-state index contributed by atoms with van der Waals surface area (Å²) in [6.07, 6.45) is 1.85. The summed E-state index contributed by atoms with van der Waals surface area (Å²) in [5.74, 6) is 0. The fraction of sp³-hybridized carbons (Fsp3) is 0. The lowest BCUT2D eigenvalue weighted by Gasteiger charge is -2.33. The van der Waals surface area contributed by atoms with Crippen LogP contribution in [0.5, 0.6) is 0 Å². The molecule has 0 N–H and O–H groups in total. The van der Waals surface area contributed by atoms with Crippen LogP contribution in [-0.2, 0) is 0 Å². The minimum Gasteiger partial charge on any atom is -0.454 e. The molecule has 11 aromatic rings. The van der Waals surface area contributed by atoms with E-state index in [0.717, 1.165) is 38.6 Å². The van der Waals surface area contributed by atoms with Crippen LogP contribution in [0.15, 0.2) is 136 Å². The van der Waals surface area contributed by atoms with Crippen molar-refractivity contribution in [3.05, 3.63) is 128 Å². The van der Waals surface area contributed by atoms with Crippen LogP contribution in [0, 0.1) is 0 Å². The summed E-state index contributed by atoms with van der Waals surface area (Å²) in [4.78, 5) is 0.